The van der Waals surface area contributed by atoms with E-state index in [4.69, 9.17) is 19.9 Å². The zero-order valence-corrected chi connectivity index (χ0v) is 35.2. The Balaban J connectivity index is 0.00000690. The molecule has 0 saturated carbocycles. The molecular weight excluding hydrogens is 666 g/mol. The van der Waals surface area contributed by atoms with E-state index in [-0.39, 0.29) is 36.2 Å². The van der Waals surface area contributed by atoms with Gasteiger partial charge in [-0.15, -0.1) is 0 Å². The molecule has 0 aliphatic carbocycles. The second-order valence-electron chi connectivity index (χ2n) is 15.4. The summed E-state index contributed by atoms with van der Waals surface area (Å²) in [5, 5.41) is 0. The Morgan fingerprint density at radius 2 is 1.23 bits per heavy atom. The van der Waals surface area contributed by atoms with Crippen molar-refractivity contribution in [3.8, 4) is 0 Å². The minimum absolute atomic E-state index is 0.0365. The van der Waals surface area contributed by atoms with E-state index in [1.165, 1.54) is 77.0 Å². The van der Waals surface area contributed by atoms with Crippen LogP contribution in [-0.4, -0.2) is 91.8 Å². The van der Waals surface area contributed by atoms with Crippen LogP contribution in [0.2, 0.25) is 0 Å². The van der Waals surface area contributed by atoms with Crippen LogP contribution in [0.5, 0.6) is 0 Å². The second kappa shape index (κ2) is 34.8. The number of esters is 3. The van der Waals surface area contributed by atoms with Crippen molar-refractivity contribution >= 4 is 17.9 Å². The first-order valence-corrected chi connectivity index (χ1v) is 22.7. The molecule has 0 aromatic heterocycles. The van der Waals surface area contributed by atoms with Gasteiger partial charge in [0.1, 0.15) is 18.2 Å². The monoisotopic (exact) mass is 752 g/mol. The summed E-state index contributed by atoms with van der Waals surface area (Å²) in [6.45, 7) is 13.8. The van der Waals surface area contributed by atoms with Crippen molar-refractivity contribution in [1.82, 2.24) is 9.80 Å². The first-order chi connectivity index (χ1) is 26.0. The Morgan fingerprint density at radius 3 is 1.85 bits per heavy atom. The van der Waals surface area contributed by atoms with Crippen molar-refractivity contribution in [1.29, 1.82) is 0 Å². The molecule has 312 valence electrons. The fourth-order valence-corrected chi connectivity index (χ4v) is 7.56. The van der Waals surface area contributed by atoms with E-state index in [2.05, 4.69) is 23.6 Å². The molecule has 9 nitrogen and oxygen atoms in total. The highest BCUT2D eigenvalue weighted by molar-refractivity contribution is 5.76. The van der Waals surface area contributed by atoms with Crippen LogP contribution >= 0.6 is 0 Å². The fraction of sp³-hybridized carbons (Fsp3) is 0.932. The smallest absolute Gasteiger partial charge is 0.323 e. The topological polar surface area (TPSA) is 111 Å². The number of hydrogen-bond donors (Lipinski definition) is 1. The minimum atomic E-state index is -0.365. The van der Waals surface area contributed by atoms with Gasteiger partial charge < -0.3 is 24.8 Å². The van der Waals surface area contributed by atoms with Gasteiger partial charge in [0.25, 0.3) is 0 Å². The van der Waals surface area contributed by atoms with E-state index in [1.807, 2.05) is 13.8 Å². The first-order valence-electron chi connectivity index (χ1n) is 22.7. The summed E-state index contributed by atoms with van der Waals surface area (Å²) >= 11 is 0. The molecule has 53 heavy (non-hydrogen) atoms. The van der Waals surface area contributed by atoms with Crippen molar-refractivity contribution in [2.75, 3.05) is 45.9 Å². The third kappa shape index (κ3) is 25.9. The minimum Gasteiger partial charge on any atom is -0.465 e. The molecule has 2 fully saturated rings. The van der Waals surface area contributed by atoms with E-state index in [0.29, 0.717) is 39.0 Å². The van der Waals surface area contributed by atoms with Crippen LogP contribution < -0.4 is 5.73 Å². The molecule has 2 heterocycles. The Kier molecular flexibility index (Phi) is 32.3. The van der Waals surface area contributed by atoms with Crippen LogP contribution in [0.15, 0.2) is 0 Å². The predicted octanol–water partition coefficient (Wildman–Crippen LogP) is 9.91. The van der Waals surface area contributed by atoms with Crippen LogP contribution in [0.1, 0.15) is 201 Å². The van der Waals surface area contributed by atoms with Crippen molar-refractivity contribution in [2.45, 2.75) is 219 Å². The third-order valence-corrected chi connectivity index (χ3v) is 10.7. The second-order valence-corrected chi connectivity index (χ2v) is 15.4. The Bertz CT molecular complexity index is 867. The normalized spacial score (nSPS) is 17.5. The van der Waals surface area contributed by atoms with Crippen LogP contribution in [0, 0.1) is 0 Å². The summed E-state index contributed by atoms with van der Waals surface area (Å²) in [6.07, 6.45) is 28.3. The molecule has 9 heteroatoms. The lowest BCUT2D eigenvalue weighted by atomic mass is 10.0. The maximum Gasteiger partial charge on any atom is 0.323 e. The standard InChI is InChI=1S/C42H79N3O6.C2H6/c1-3-5-7-9-12-17-25-37(26-18-13-10-8-6-4-2)50-40(46)27-19-14-11-15-24-34-49-42(48)39-35-38(36-45(39)32-21-16-20-29-43)51-41(47)28-33-44-30-22-23-31-44;1-2/h37-39H,3-36,43H2,1-2H3;1-2H3/t38?,39-;/m0./s1. The zero-order valence-electron chi connectivity index (χ0n) is 35.2. The largest absolute Gasteiger partial charge is 0.465 e. The van der Waals surface area contributed by atoms with E-state index in [0.717, 1.165) is 103 Å². The van der Waals surface area contributed by atoms with Crippen molar-refractivity contribution in [3.05, 3.63) is 0 Å². The van der Waals surface area contributed by atoms with Gasteiger partial charge in [-0.25, -0.2) is 0 Å². The number of ether oxygens (including phenoxy) is 3. The molecule has 0 aromatic carbocycles. The van der Waals surface area contributed by atoms with Gasteiger partial charge in [0.2, 0.25) is 0 Å². The van der Waals surface area contributed by atoms with Crippen LogP contribution in [0.3, 0.4) is 0 Å². The van der Waals surface area contributed by atoms with Gasteiger partial charge in [-0.05, 0) is 90.4 Å². The molecule has 0 bridgehead atoms. The Morgan fingerprint density at radius 1 is 0.660 bits per heavy atom. The van der Waals surface area contributed by atoms with Gasteiger partial charge in [0, 0.05) is 25.9 Å². The molecule has 0 radical (unpaired) electrons. The SMILES string of the molecule is CC.CCCCCCCCC(CCCCCCCC)OC(=O)CCCCCCCOC(=O)[C@@H]1CC(OC(=O)CCN2CCCC2)CN1CCCCCN. The van der Waals surface area contributed by atoms with Crippen molar-refractivity contribution < 1.29 is 28.6 Å². The van der Waals surface area contributed by atoms with Gasteiger partial charge in [-0.3, -0.25) is 19.3 Å². The number of rotatable bonds is 33. The molecule has 0 amide bonds. The van der Waals surface area contributed by atoms with Crippen molar-refractivity contribution in [3.63, 3.8) is 0 Å². The molecule has 2 N–H and O–H groups in total. The average Bonchev–Trinajstić information content (AvgIpc) is 3.84. The lowest BCUT2D eigenvalue weighted by molar-refractivity contribution is -0.151. The maximum absolute atomic E-state index is 13.1. The predicted molar refractivity (Wildman–Crippen MR) is 219 cm³/mol. The highest BCUT2D eigenvalue weighted by atomic mass is 16.6. The van der Waals surface area contributed by atoms with Gasteiger partial charge in [0.15, 0.2) is 0 Å². The summed E-state index contributed by atoms with van der Waals surface area (Å²) in [6, 6.07) is -0.365. The molecule has 2 rings (SSSR count). The lowest BCUT2D eigenvalue weighted by Gasteiger charge is -2.22. The zero-order chi connectivity index (χ0) is 38.8. The lowest BCUT2D eigenvalue weighted by Crippen LogP contribution is -2.38. The van der Waals surface area contributed by atoms with Crippen LogP contribution in [0.25, 0.3) is 0 Å². The van der Waals surface area contributed by atoms with E-state index >= 15 is 0 Å². The molecule has 2 saturated heterocycles. The summed E-state index contributed by atoms with van der Waals surface area (Å²) < 4.78 is 17.6. The summed E-state index contributed by atoms with van der Waals surface area (Å²) in [4.78, 5) is 42.9. The third-order valence-electron chi connectivity index (χ3n) is 10.7. The quantitative estimate of drug-likeness (QED) is 0.0398. The molecule has 0 spiro atoms. The molecular formula is C44H85N3O6. The van der Waals surface area contributed by atoms with Crippen molar-refractivity contribution in [2.24, 2.45) is 5.73 Å². The summed E-state index contributed by atoms with van der Waals surface area (Å²) in [5.41, 5.74) is 5.67. The number of carbonyl (C=O) groups is 3. The molecule has 2 atom stereocenters. The highest BCUT2D eigenvalue weighted by Crippen LogP contribution is 2.24. The molecule has 2 aliphatic rings. The molecule has 0 aromatic rings. The highest BCUT2D eigenvalue weighted by Gasteiger charge is 2.39. The van der Waals surface area contributed by atoms with E-state index in [9.17, 15) is 14.4 Å². The number of likely N-dealkylation sites (tertiary alicyclic amines) is 2. The number of carbonyl (C=O) groups excluding carboxylic acids is 3. The Labute approximate surface area is 326 Å². The average molecular weight is 752 g/mol. The van der Waals surface area contributed by atoms with Crippen LogP contribution in [-0.2, 0) is 28.6 Å². The first kappa shape index (κ1) is 49.3. The number of nitrogens with zero attached hydrogens (tertiary/aromatic N) is 2. The van der Waals surface area contributed by atoms with Crippen LogP contribution in [0.4, 0.5) is 0 Å². The molecule has 2 aliphatic heterocycles. The van der Waals surface area contributed by atoms with Gasteiger partial charge in [-0.1, -0.05) is 118 Å². The van der Waals surface area contributed by atoms with E-state index < -0.39 is 0 Å². The number of unbranched alkanes of at least 4 members (excludes halogenated alkanes) is 16. The van der Waals surface area contributed by atoms with Gasteiger partial charge in [0.05, 0.1) is 13.0 Å². The summed E-state index contributed by atoms with van der Waals surface area (Å²) in [5.74, 6) is -0.410. The van der Waals surface area contributed by atoms with Gasteiger partial charge in [-0.2, -0.15) is 0 Å². The fourth-order valence-electron chi connectivity index (χ4n) is 7.56. The molecule has 1 unspecified atom stereocenters. The van der Waals surface area contributed by atoms with Gasteiger partial charge >= 0.3 is 17.9 Å². The number of hydrogen-bond acceptors (Lipinski definition) is 9. The van der Waals surface area contributed by atoms with E-state index in [1.54, 1.807) is 0 Å². The summed E-state index contributed by atoms with van der Waals surface area (Å²) in [7, 11) is 0. The Hall–Kier alpha value is -1.71. The number of nitrogens with two attached hydrogens (primary N) is 1. The maximum atomic E-state index is 13.1.